The van der Waals surface area contributed by atoms with Crippen molar-refractivity contribution < 1.29 is 4.39 Å². The van der Waals surface area contributed by atoms with Crippen LogP contribution in [0.2, 0.25) is 0 Å². The van der Waals surface area contributed by atoms with Gasteiger partial charge in [-0.15, -0.1) is 11.3 Å². The lowest BCUT2D eigenvalue weighted by atomic mass is 9.89. The molecule has 0 amide bonds. The predicted octanol–water partition coefficient (Wildman–Crippen LogP) is 3.85. The molecule has 3 heteroatoms. The van der Waals surface area contributed by atoms with Gasteiger partial charge in [0.05, 0.1) is 0 Å². The van der Waals surface area contributed by atoms with Crippen LogP contribution in [0.15, 0.2) is 23.6 Å². The molecule has 0 radical (unpaired) electrons. The first kappa shape index (κ1) is 11.2. The Hall–Kier alpha value is -0.930. The van der Waals surface area contributed by atoms with E-state index in [4.69, 9.17) is 0 Å². The molecule has 0 bridgehead atoms. The van der Waals surface area contributed by atoms with Crippen LogP contribution in [-0.4, -0.2) is 25.0 Å². The maximum atomic E-state index is 13.1. The Labute approximate surface area is 105 Å². The number of nitrogens with zero attached hydrogens (tertiary/aromatic N) is 1. The third kappa shape index (κ3) is 2.09. The third-order valence-electron chi connectivity index (χ3n) is 3.73. The molecule has 1 saturated heterocycles. The van der Waals surface area contributed by atoms with Gasteiger partial charge in [0, 0.05) is 4.70 Å². The SMILES string of the molecule is CN1CCC(c2csc3cc(F)ccc23)CC1. The van der Waals surface area contributed by atoms with E-state index in [1.165, 1.54) is 36.9 Å². The fourth-order valence-electron chi connectivity index (χ4n) is 2.66. The number of hydrogen-bond donors (Lipinski definition) is 0. The van der Waals surface area contributed by atoms with Gasteiger partial charge in [-0.1, -0.05) is 6.07 Å². The second-order valence-electron chi connectivity index (χ2n) is 4.91. The van der Waals surface area contributed by atoms with Gasteiger partial charge in [-0.3, -0.25) is 0 Å². The van der Waals surface area contributed by atoms with Crippen LogP contribution in [0.25, 0.3) is 10.1 Å². The predicted molar refractivity (Wildman–Crippen MR) is 71.3 cm³/mol. The van der Waals surface area contributed by atoms with E-state index in [9.17, 15) is 4.39 Å². The maximum absolute atomic E-state index is 13.1. The zero-order valence-electron chi connectivity index (χ0n) is 9.95. The minimum Gasteiger partial charge on any atom is -0.306 e. The van der Waals surface area contributed by atoms with E-state index in [1.807, 2.05) is 6.07 Å². The molecule has 3 rings (SSSR count). The van der Waals surface area contributed by atoms with Gasteiger partial charge in [0.1, 0.15) is 5.82 Å². The van der Waals surface area contributed by atoms with E-state index in [-0.39, 0.29) is 5.82 Å². The molecule has 2 heterocycles. The van der Waals surface area contributed by atoms with Crippen molar-refractivity contribution in [2.24, 2.45) is 0 Å². The summed E-state index contributed by atoms with van der Waals surface area (Å²) in [5.74, 6) is 0.527. The Morgan fingerprint density at radius 1 is 1.29 bits per heavy atom. The molecule has 17 heavy (non-hydrogen) atoms. The van der Waals surface area contributed by atoms with Crippen molar-refractivity contribution in [1.82, 2.24) is 4.90 Å². The fourth-order valence-corrected chi connectivity index (χ4v) is 3.73. The fraction of sp³-hybridized carbons (Fsp3) is 0.429. The van der Waals surface area contributed by atoms with Crippen LogP contribution in [0.1, 0.15) is 24.3 Å². The van der Waals surface area contributed by atoms with Crippen molar-refractivity contribution in [3.63, 3.8) is 0 Å². The average molecular weight is 249 g/mol. The molecule has 0 unspecified atom stereocenters. The van der Waals surface area contributed by atoms with Crippen LogP contribution in [-0.2, 0) is 0 Å². The number of piperidine rings is 1. The molecule has 0 spiro atoms. The third-order valence-corrected chi connectivity index (χ3v) is 4.69. The summed E-state index contributed by atoms with van der Waals surface area (Å²) in [5, 5.41) is 3.48. The van der Waals surface area contributed by atoms with Gasteiger partial charge in [-0.05, 0) is 67.4 Å². The largest absolute Gasteiger partial charge is 0.306 e. The lowest BCUT2D eigenvalue weighted by Gasteiger charge is -2.28. The van der Waals surface area contributed by atoms with Gasteiger partial charge in [-0.25, -0.2) is 4.39 Å². The number of likely N-dealkylation sites (tertiary alicyclic amines) is 1. The van der Waals surface area contributed by atoms with E-state index >= 15 is 0 Å². The van der Waals surface area contributed by atoms with E-state index in [0.29, 0.717) is 5.92 Å². The molecular weight excluding hydrogens is 233 g/mol. The number of thiophene rings is 1. The van der Waals surface area contributed by atoms with Crippen molar-refractivity contribution >= 4 is 21.4 Å². The second-order valence-corrected chi connectivity index (χ2v) is 5.82. The molecule has 1 fully saturated rings. The Bertz CT molecular complexity index is 526. The summed E-state index contributed by atoms with van der Waals surface area (Å²) >= 11 is 1.67. The van der Waals surface area contributed by atoms with Crippen molar-refractivity contribution in [2.75, 3.05) is 20.1 Å². The Balaban J connectivity index is 1.95. The molecule has 1 nitrogen and oxygen atoms in total. The summed E-state index contributed by atoms with van der Waals surface area (Å²) in [6.07, 6.45) is 2.44. The lowest BCUT2D eigenvalue weighted by molar-refractivity contribution is 0.256. The van der Waals surface area contributed by atoms with Crippen LogP contribution < -0.4 is 0 Å². The van der Waals surface area contributed by atoms with Gasteiger partial charge >= 0.3 is 0 Å². The van der Waals surface area contributed by atoms with Crippen LogP contribution in [0, 0.1) is 5.82 Å². The van der Waals surface area contributed by atoms with Gasteiger partial charge in [0.15, 0.2) is 0 Å². The molecule has 90 valence electrons. The van der Waals surface area contributed by atoms with Crippen LogP contribution >= 0.6 is 11.3 Å². The van der Waals surface area contributed by atoms with Gasteiger partial charge in [0.2, 0.25) is 0 Å². The molecule has 1 aromatic heterocycles. The van der Waals surface area contributed by atoms with Crippen LogP contribution in [0.4, 0.5) is 4.39 Å². The number of rotatable bonds is 1. The monoisotopic (exact) mass is 249 g/mol. The minimum atomic E-state index is -0.130. The van der Waals surface area contributed by atoms with E-state index in [0.717, 1.165) is 4.70 Å². The first-order valence-electron chi connectivity index (χ1n) is 6.09. The highest BCUT2D eigenvalue weighted by Crippen LogP contribution is 2.36. The Morgan fingerprint density at radius 3 is 2.82 bits per heavy atom. The van der Waals surface area contributed by atoms with Gasteiger partial charge < -0.3 is 4.90 Å². The van der Waals surface area contributed by atoms with Gasteiger partial charge in [0.25, 0.3) is 0 Å². The topological polar surface area (TPSA) is 3.24 Å². The molecule has 0 aliphatic carbocycles. The van der Waals surface area contributed by atoms with Crippen molar-refractivity contribution in [2.45, 2.75) is 18.8 Å². The first-order chi connectivity index (χ1) is 8.24. The molecule has 0 N–H and O–H groups in total. The average Bonchev–Trinajstić information content (AvgIpc) is 2.73. The zero-order chi connectivity index (χ0) is 11.8. The van der Waals surface area contributed by atoms with Gasteiger partial charge in [-0.2, -0.15) is 0 Å². The molecule has 0 saturated carbocycles. The number of benzene rings is 1. The number of fused-ring (bicyclic) bond motifs is 1. The molecule has 2 aromatic rings. The highest BCUT2D eigenvalue weighted by Gasteiger charge is 2.20. The summed E-state index contributed by atoms with van der Waals surface area (Å²) in [5.41, 5.74) is 1.43. The molecule has 1 aromatic carbocycles. The van der Waals surface area contributed by atoms with Crippen LogP contribution in [0.3, 0.4) is 0 Å². The van der Waals surface area contributed by atoms with Crippen molar-refractivity contribution in [3.05, 3.63) is 35.0 Å². The summed E-state index contributed by atoms with van der Waals surface area (Å²) in [6.45, 7) is 2.34. The minimum absolute atomic E-state index is 0.130. The number of hydrogen-bond acceptors (Lipinski definition) is 2. The summed E-state index contributed by atoms with van der Waals surface area (Å²) in [4.78, 5) is 2.38. The normalized spacial score (nSPS) is 18.9. The molecule has 1 aliphatic heterocycles. The molecule has 1 aliphatic rings. The standard InChI is InChI=1S/C14H16FNS/c1-16-6-4-10(5-7-16)13-9-17-14-8-11(15)2-3-12(13)14/h2-3,8-10H,4-7H2,1H3. The van der Waals surface area contributed by atoms with Crippen LogP contribution in [0.5, 0.6) is 0 Å². The van der Waals surface area contributed by atoms with Crippen molar-refractivity contribution in [1.29, 1.82) is 0 Å². The summed E-state index contributed by atoms with van der Waals surface area (Å²) < 4.78 is 14.2. The second kappa shape index (κ2) is 4.39. The quantitative estimate of drug-likeness (QED) is 0.742. The smallest absolute Gasteiger partial charge is 0.124 e. The Morgan fingerprint density at radius 2 is 2.06 bits per heavy atom. The Kier molecular flexibility index (Phi) is 2.89. The first-order valence-corrected chi connectivity index (χ1v) is 6.97. The molecule has 0 atom stereocenters. The number of halogens is 1. The zero-order valence-corrected chi connectivity index (χ0v) is 10.8. The summed E-state index contributed by atoms with van der Waals surface area (Å²) in [7, 11) is 2.18. The van der Waals surface area contributed by atoms with E-state index in [1.54, 1.807) is 23.5 Å². The van der Waals surface area contributed by atoms with Crippen molar-refractivity contribution in [3.8, 4) is 0 Å². The van der Waals surface area contributed by atoms with E-state index < -0.39 is 0 Å². The highest BCUT2D eigenvalue weighted by molar-refractivity contribution is 7.17. The van der Waals surface area contributed by atoms with E-state index in [2.05, 4.69) is 17.3 Å². The molecular formula is C14H16FNS. The highest BCUT2D eigenvalue weighted by atomic mass is 32.1. The lowest BCUT2D eigenvalue weighted by Crippen LogP contribution is -2.29. The maximum Gasteiger partial charge on any atom is 0.124 e. The summed E-state index contributed by atoms with van der Waals surface area (Å²) in [6, 6.07) is 5.17.